The first-order valence-corrected chi connectivity index (χ1v) is 7.65. The third kappa shape index (κ3) is 3.87. The summed E-state index contributed by atoms with van der Waals surface area (Å²) in [5.41, 5.74) is 1.36. The third-order valence-corrected chi connectivity index (χ3v) is 4.02. The van der Waals surface area contributed by atoms with Gasteiger partial charge in [0.05, 0.1) is 0 Å². The van der Waals surface area contributed by atoms with Crippen LogP contribution < -0.4 is 5.32 Å². The second-order valence-corrected chi connectivity index (χ2v) is 6.32. The molecule has 5 heteroatoms. The second-order valence-electron chi connectivity index (χ2n) is 4.48. The summed E-state index contributed by atoms with van der Waals surface area (Å²) >= 11 is 6.61. The number of halogens is 4. The largest absolute Gasteiger partial charge is 0.313 e. The van der Waals surface area contributed by atoms with Crippen LogP contribution in [0.5, 0.6) is 0 Å². The summed E-state index contributed by atoms with van der Waals surface area (Å²) in [5, 5.41) is 3.10. The summed E-state index contributed by atoms with van der Waals surface area (Å²) in [7, 11) is 1.78. The lowest BCUT2D eigenvalue weighted by atomic mass is 9.98. The molecule has 0 bridgehead atoms. The number of hydrogen-bond acceptors (Lipinski definition) is 1. The average molecular weight is 405 g/mol. The lowest BCUT2D eigenvalue weighted by molar-refractivity contribution is 0.548. The Hall–Kier alpha value is -0.780. The molecular weight excluding hydrogens is 392 g/mol. The highest BCUT2D eigenvalue weighted by molar-refractivity contribution is 9.10. The van der Waals surface area contributed by atoms with E-state index in [4.69, 9.17) is 0 Å². The predicted octanol–water partition coefficient (Wildman–Crippen LogP) is 4.99. The Bertz CT molecular complexity index is 597. The number of likely N-dealkylation sites (N-methyl/N-ethyl adjacent to an activating group) is 1. The molecule has 0 spiro atoms. The minimum atomic E-state index is -0.315. The molecule has 0 amide bonds. The van der Waals surface area contributed by atoms with Gasteiger partial charge in [0, 0.05) is 15.0 Å². The maximum absolute atomic E-state index is 13.8. The van der Waals surface area contributed by atoms with Crippen molar-refractivity contribution in [2.75, 3.05) is 7.05 Å². The summed E-state index contributed by atoms with van der Waals surface area (Å²) in [4.78, 5) is 0. The smallest absolute Gasteiger partial charge is 0.126 e. The van der Waals surface area contributed by atoms with Gasteiger partial charge in [0.25, 0.3) is 0 Å². The van der Waals surface area contributed by atoms with E-state index in [1.165, 1.54) is 18.2 Å². The molecule has 2 aromatic rings. The molecule has 1 unspecified atom stereocenters. The zero-order valence-electron chi connectivity index (χ0n) is 10.8. The standard InChI is InChI=1S/C15H13Br2F2N/c1-20-15(10-5-12(17)8-13(18)6-10)7-9-4-11(16)2-3-14(9)19/h2-6,8,15,20H,7H2,1H3. The van der Waals surface area contributed by atoms with Crippen molar-refractivity contribution < 1.29 is 8.78 Å². The van der Waals surface area contributed by atoms with Gasteiger partial charge >= 0.3 is 0 Å². The molecule has 0 saturated carbocycles. The number of rotatable bonds is 4. The van der Waals surface area contributed by atoms with Crippen LogP contribution in [0, 0.1) is 11.6 Å². The highest BCUT2D eigenvalue weighted by Crippen LogP contribution is 2.25. The van der Waals surface area contributed by atoms with E-state index in [1.54, 1.807) is 19.2 Å². The lowest BCUT2D eigenvalue weighted by Crippen LogP contribution is -2.19. The minimum absolute atomic E-state index is 0.161. The summed E-state index contributed by atoms with van der Waals surface area (Å²) in [6.45, 7) is 0. The van der Waals surface area contributed by atoms with Crippen LogP contribution in [0.4, 0.5) is 8.78 Å². The first-order chi connectivity index (χ1) is 9.49. The van der Waals surface area contributed by atoms with E-state index in [0.29, 0.717) is 16.5 Å². The quantitative estimate of drug-likeness (QED) is 0.756. The molecule has 0 fully saturated rings. The first-order valence-electron chi connectivity index (χ1n) is 6.07. The van der Waals surface area contributed by atoms with E-state index in [2.05, 4.69) is 37.2 Å². The second kappa shape index (κ2) is 6.78. The van der Waals surface area contributed by atoms with Gasteiger partial charge in [-0.1, -0.05) is 31.9 Å². The number of benzene rings is 2. The predicted molar refractivity (Wildman–Crippen MR) is 83.7 cm³/mol. The zero-order chi connectivity index (χ0) is 14.7. The summed E-state index contributed by atoms with van der Waals surface area (Å²) in [5.74, 6) is -0.576. The number of nitrogens with one attached hydrogen (secondary N) is 1. The molecule has 20 heavy (non-hydrogen) atoms. The molecule has 0 aliphatic carbocycles. The fraction of sp³-hybridized carbons (Fsp3) is 0.200. The van der Waals surface area contributed by atoms with Crippen molar-refractivity contribution in [2.24, 2.45) is 0 Å². The van der Waals surface area contributed by atoms with Gasteiger partial charge in [-0.2, -0.15) is 0 Å². The molecule has 0 heterocycles. The molecule has 1 nitrogen and oxygen atoms in total. The first kappa shape index (κ1) is 15.6. The van der Waals surface area contributed by atoms with Gasteiger partial charge < -0.3 is 5.32 Å². The Morgan fingerprint density at radius 1 is 1.05 bits per heavy atom. The van der Waals surface area contributed by atoms with E-state index < -0.39 is 0 Å². The minimum Gasteiger partial charge on any atom is -0.313 e. The maximum atomic E-state index is 13.8. The molecule has 0 aromatic heterocycles. The lowest BCUT2D eigenvalue weighted by Gasteiger charge is -2.18. The Balaban J connectivity index is 2.30. The van der Waals surface area contributed by atoms with E-state index in [-0.39, 0.29) is 17.7 Å². The van der Waals surface area contributed by atoms with Gasteiger partial charge in [-0.15, -0.1) is 0 Å². The van der Waals surface area contributed by atoms with Crippen LogP contribution in [-0.2, 0) is 6.42 Å². The van der Waals surface area contributed by atoms with Crippen LogP contribution in [-0.4, -0.2) is 7.05 Å². The summed E-state index contributed by atoms with van der Waals surface area (Å²) in [6, 6.07) is 9.36. The average Bonchev–Trinajstić information content (AvgIpc) is 2.38. The van der Waals surface area contributed by atoms with Crippen LogP contribution in [0.3, 0.4) is 0 Å². The topological polar surface area (TPSA) is 12.0 Å². The van der Waals surface area contributed by atoms with Crippen molar-refractivity contribution in [2.45, 2.75) is 12.5 Å². The Morgan fingerprint density at radius 3 is 2.45 bits per heavy atom. The Kier molecular flexibility index (Phi) is 5.29. The van der Waals surface area contributed by atoms with Gasteiger partial charge in [0.15, 0.2) is 0 Å². The highest BCUT2D eigenvalue weighted by Gasteiger charge is 2.14. The fourth-order valence-corrected chi connectivity index (χ4v) is 2.97. The van der Waals surface area contributed by atoms with Crippen molar-refractivity contribution in [3.05, 3.63) is 68.1 Å². The van der Waals surface area contributed by atoms with Gasteiger partial charge in [0.2, 0.25) is 0 Å². The molecule has 1 atom stereocenters. The molecule has 0 aliphatic rings. The maximum Gasteiger partial charge on any atom is 0.126 e. The summed E-state index contributed by atoms with van der Waals surface area (Å²) in [6.07, 6.45) is 0.442. The molecule has 0 saturated heterocycles. The van der Waals surface area contributed by atoms with E-state index in [0.717, 1.165) is 10.0 Å². The number of hydrogen-bond donors (Lipinski definition) is 1. The van der Waals surface area contributed by atoms with Crippen LogP contribution in [0.15, 0.2) is 45.3 Å². The van der Waals surface area contributed by atoms with Crippen LogP contribution >= 0.6 is 31.9 Å². The van der Waals surface area contributed by atoms with Crippen LogP contribution in [0.1, 0.15) is 17.2 Å². The molecule has 106 valence electrons. The SMILES string of the molecule is CNC(Cc1cc(Br)ccc1F)c1cc(F)cc(Br)c1. The van der Waals surface area contributed by atoms with Gasteiger partial charge in [0.1, 0.15) is 11.6 Å². The fourth-order valence-electron chi connectivity index (χ4n) is 2.08. The third-order valence-electron chi connectivity index (χ3n) is 3.07. The van der Waals surface area contributed by atoms with E-state index in [9.17, 15) is 8.78 Å². The molecule has 1 N–H and O–H groups in total. The van der Waals surface area contributed by atoms with Crippen LogP contribution in [0.2, 0.25) is 0 Å². The normalized spacial score (nSPS) is 12.4. The van der Waals surface area contributed by atoms with Crippen molar-refractivity contribution in [1.82, 2.24) is 5.32 Å². The Labute approximate surface area is 133 Å². The highest BCUT2D eigenvalue weighted by atomic mass is 79.9. The zero-order valence-corrected chi connectivity index (χ0v) is 13.9. The van der Waals surface area contributed by atoms with E-state index >= 15 is 0 Å². The monoisotopic (exact) mass is 403 g/mol. The van der Waals surface area contributed by atoms with Crippen LogP contribution in [0.25, 0.3) is 0 Å². The molecular formula is C15H13Br2F2N. The van der Waals surface area contributed by atoms with Crippen molar-refractivity contribution >= 4 is 31.9 Å². The molecule has 2 aromatic carbocycles. The van der Waals surface area contributed by atoms with Gasteiger partial charge in [-0.05, 0) is 61.0 Å². The summed E-state index contributed by atoms with van der Waals surface area (Å²) < 4.78 is 28.8. The van der Waals surface area contributed by atoms with Gasteiger partial charge in [-0.3, -0.25) is 0 Å². The molecule has 0 aliphatic heterocycles. The molecule has 0 radical (unpaired) electrons. The van der Waals surface area contributed by atoms with E-state index in [1.807, 2.05) is 6.07 Å². The van der Waals surface area contributed by atoms with Crippen molar-refractivity contribution in [3.8, 4) is 0 Å². The Morgan fingerprint density at radius 2 is 1.80 bits per heavy atom. The van der Waals surface area contributed by atoms with Crippen molar-refractivity contribution in [1.29, 1.82) is 0 Å². The molecule has 2 rings (SSSR count). The van der Waals surface area contributed by atoms with Gasteiger partial charge in [-0.25, -0.2) is 8.78 Å². The van der Waals surface area contributed by atoms with Crippen molar-refractivity contribution in [3.63, 3.8) is 0 Å².